The Labute approximate surface area is 284 Å². The van der Waals surface area contributed by atoms with Gasteiger partial charge in [0.05, 0.1) is 16.4 Å². The van der Waals surface area contributed by atoms with Crippen molar-refractivity contribution in [2.24, 2.45) is 0 Å². The molecule has 0 heterocycles. The van der Waals surface area contributed by atoms with Crippen molar-refractivity contribution in [1.29, 1.82) is 0 Å². The van der Waals surface area contributed by atoms with E-state index in [4.69, 9.17) is 16.4 Å². The summed E-state index contributed by atoms with van der Waals surface area (Å²) in [5.41, 5.74) is 8.64. The quantitative estimate of drug-likeness (QED) is 0.189. The van der Waals surface area contributed by atoms with Gasteiger partial charge in [-0.1, -0.05) is 190 Å². The van der Waals surface area contributed by atoms with Gasteiger partial charge in [0, 0.05) is 0 Å². The standard InChI is InChI=1S/2C14H14.2C8H10/c2*1-11-3-7-13(8-4-11)14-9-5-12(2)6-10-14;2*1-7-3-5-8(2)6-4-7/h2*3-10H,1-2H3;2*3-6H,1-2H3/i3D,4D,5D,6D,7D,8D,9D,10D;;3D,4D,5D,6D;. The Morgan fingerprint density at radius 2 is 0.409 bits per heavy atom. The molecular weight excluding hydrogens is 528 g/mol. The molecule has 0 amide bonds. The van der Waals surface area contributed by atoms with Crippen LogP contribution in [0.3, 0.4) is 0 Å². The molecule has 0 bridgehead atoms. The van der Waals surface area contributed by atoms with E-state index in [1.54, 1.807) is 13.8 Å². The van der Waals surface area contributed by atoms with Crippen LogP contribution in [-0.4, -0.2) is 0 Å². The first-order valence-corrected chi connectivity index (χ1v) is 14.5. The minimum absolute atomic E-state index is 0.0634. The minimum atomic E-state index is -0.358. The van der Waals surface area contributed by atoms with Crippen molar-refractivity contribution >= 4 is 0 Å². The third-order valence-electron chi connectivity index (χ3n) is 6.28. The number of benzene rings is 6. The Balaban J connectivity index is 0.000000214. The van der Waals surface area contributed by atoms with Gasteiger partial charge in [-0.3, -0.25) is 0 Å². The van der Waals surface area contributed by atoms with Crippen LogP contribution < -0.4 is 0 Å². The van der Waals surface area contributed by atoms with Gasteiger partial charge in [0.15, 0.2) is 0 Å². The highest BCUT2D eigenvalue weighted by molar-refractivity contribution is 5.64. The van der Waals surface area contributed by atoms with Crippen LogP contribution in [0.25, 0.3) is 22.3 Å². The van der Waals surface area contributed by atoms with Crippen LogP contribution in [0.4, 0.5) is 0 Å². The lowest BCUT2D eigenvalue weighted by molar-refractivity contribution is 1.40. The maximum Gasteiger partial charge on any atom is 0.0629 e. The average molecular weight is 589 g/mol. The first kappa shape index (κ1) is 20.3. The Morgan fingerprint density at radius 3 is 0.636 bits per heavy atom. The fraction of sp³-hybridized carbons (Fsp3) is 0.182. The zero-order valence-corrected chi connectivity index (χ0v) is 26.9. The summed E-state index contributed by atoms with van der Waals surface area (Å²) in [4.78, 5) is 0. The highest BCUT2D eigenvalue weighted by Crippen LogP contribution is 2.21. The maximum atomic E-state index is 8.02. The third-order valence-corrected chi connectivity index (χ3v) is 6.28. The molecule has 0 aliphatic rings. The molecule has 0 fully saturated rings. The van der Waals surface area contributed by atoms with Crippen LogP contribution >= 0.6 is 0 Å². The van der Waals surface area contributed by atoms with Crippen LogP contribution in [-0.2, 0) is 0 Å². The normalized spacial score (nSPS) is 13.6. The van der Waals surface area contributed by atoms with E-state index in [1.807, 2.05) is 0 Å². The van der Waals surface area contributed by atoms with Crippen LogP contribution in [0.2, 0.25) is 0 Å². The van der Waals surface area contributed by atoms with E-state index in [2.05, 4.69) is 100 Å². The molecule has 0 unspecified atom stereocenters. The van der Waals surface area contributed by atoms with E-state index >= 15 is 0 Å². The summed E-state index contributed by atoms with van der Waals surface area (Å²) in [6.45, 7) is 14.5. The maximum absolute atomic E-state index is 8.02. The van der Waals surface area contributed by atoms with Gasteiger partial charge in [-0.2, -0.15) is 0 Å². The summed E-state index contributed by atoms with van der Waals surface area (Å²) in [5.74, 6) is 0. The van der Waals surface area contributed by atoms with Gasteiger partial charge in [0.1, 0.15) is 0 Å². The third kappa shape index (κ3) is 12.3. The summed E-state index contributed by atoms with van der Waals surface area (Å²) < 4.78 is 93.2. The van der Waals surface area contributed by atoms with Crippen LogP contribution in [0.1, 0.15) is 61.0 Å². The topological polar surface area (TPSA) is 0 Å². The smallest absolute Gasteiger partial charge is 0.0591 e. The van der Waals surface area contributed by atoms with Crippen LogP contribution in [0.15, 0.2) is 145 Å². The molecule has 0 aliphatic carbocycles. The second-order valence-electron chi connectivity index (χ2n) is 10.6. The first-order chi connectivity index (χ1) is 26.1. The van der Waals surface area contributed by atoms with Crippen molar-refractivity contribution in [2.45, 2.75) is 55.4 Å². The molecule has 0 aliphatic heterocycles. The molecule has 0 saturated carbocycles. The molecule has 0 radical (unpaired) electrons. The second-order valence-corrected chi connectivity index (χ2v) is 10.6. The minimum Gasteiger partial charge on any atom is -0.0591 e. The van der Waals surface area contributed by atoms with Gasteiger partial charge in [-0.25, -0.2) is 0 Å². The summed E-state index contributed by atoms with van der Waals surface area (Å²) in [7, 11) is 0. The van der Waals surface area contributed by atoms with Crippen molar-refractivity contribution in [2.75, 3.05) is 0 Å². The van der Waals surface area contributed by atoms with E-state index in [9.17, 15) is 0 Å². The Morgan fingerprint density at radius 1 is 0.227 bits per heavy atom. The summed E-state index contributed by atoms with van der Waals surface area (Å²) in [6.07, 6.45) is 0. The van der Waals surface area contributed by atoms with Crippen LogP contribution in [0.5, 0.6) is 0 Å². The van der Waals surface area contributed by atoms with Crippen molar-refractivity contribution in [3.8, 4) is 22.3 Å². The monoisotopic (exact) mass is 588 g/mol. The second kappa shape index (κ2) is 17.4. The number of aryl methyl sites for hydroxylation is 4. The van der Waals surface area contributed by atoms with E-state index < -0.39 is 0 Å². The summed E-state index contributed by atoms with van der Waals surface area (Å²) in [6, 6.07) is 23.6. The lowest BCUT2D eigenvalue weighted by atomic mass is 10.0. The number of rotatable bonds is 2. The molecule has 0 heteroatoms. The lowest BCUT2D eigenvalue weighted by Gasteiger charge is -2.02. The Bertz CT molecular complexity index is 2030. The van der Waals surface area contributed by atoms with Gasteiger partial charge >= 0.3 is 0 Å². The molecule has 0 aromatic heterocycles. The highest BCUT2D eigenvalue weighted by atomic mass is 14.0. The van der Waals surface area contributed by atoms with E-state index in [1.165, 1.54) is 47.2 Å². The molecule has 0 spiro atoms. The fourth-order valence-corrected chi connectivity index (χ4v) is 3.57. The summed E-state index contributed by atoms with van der Waals surface area (Å²) in [5, 5.41) is 0. The predicted molar refractivity (Wildman–Crippen MR) is 195 cm³/mol. The molecule has 224 valence electrons. The largest absolute Gasteiger partial charge is 0.0629 e. The molecule has 0 nitrogen and oxygen atoms in total. The van der Waals surface area contributed by atoms with Gasteiger partial charge in [-0.15, -0.1) is 0 Å². The first-order valence-electron chi connectivity index (χ1n) is 20.5. The Hall–Kier alpha value is -4.68. The van der Waals surface area contributed by atoms with Crippen molar-refractivity contribution < 1.29 is 16.4 Å². The lowest BCUT2D eigenvalue weighted by Crippen LogP contribution is -1.78. The van der Waals surface area contributed by atoms with Crippen molar-refractivity contribution in [3.05, 3.63) is 190 Å². The van der Waals surface area contributed by atoms with Crippen molar-refractivity contribution in [1.82, 2.24) is 0 Å². The summed E-state index contributed by atoms with van der Waals surface area (Å²) >= 11 is 0. The SMILES string of the molecule is Cc1ccc(-c2ccc(C)cc2)cc1.Cc1ccc(C)cc1.[2H]c1c([2H])c(-c2c([2H])c([2H])c(C)c([2H])c2[2H])c([2H])c([2H])c1C.[2H]c1c([2H])c(C)c([2H])c([2H])c1C. The zero-order valence-electron chi connectivity index (χ0n) is 38.9. The predicted octanol–water partition coefficient (Wildman–Crippen LogP) is 12.5. The molecule has 0 saturated heterocycles. The number of hydrogen-bond acceptors (Lipinski definition) is 0. The van der Waals surface area contributed by atoms with E-state index in [0.29, 0.717) is 11.1 Å². The van der Waals surface area contributed by atoms with Gasteiger partial charge in [-0.05, 0) is 77.6 Å². The van der Waals surface area contributed by atoms with E-state index in [0.717, 1.165) is 0 Å². The number of hydrogen-bond donors (Lipinski definition) is 0. The molecular formula is C44H48. The zero-order chi connectivity index (χ0) is 42.3. The van der Waals surface area contributed by atoms with Gasteiger partial charge in [0.25, 0.3) is 0 Å². The molecule has 6 aromatic rings. The van der Waals surface area contributed by atoms with E-state index in [-0.39, 0.29) is 94.8 Å². The van der Waals surface area contributed by atoms with Gasteiger partial charge < -0.3 is 0 Å². The molecule has 6 rings (SSSR count). The van der Waals surface area contributed by atoms with Gasteiger partial charge in [0.2, 0.25) is 0 Å². The van der Waals surface area contributed by atoms with Crippen molar-refractivity contribution in [3.63, 3.8) is 0 Å². The molecule has 0 N–H and O–H groups in total. The highest BCUT2D eigenvalue weighted by Gasteiger charge is 1.96. The molecule has 6 aromatic carbocycles. The van der Waals surface area contributed by atoms with Crippen LogP contribution in [0, 0.1) is 55.4 Å². The molecule has 0 atom stereocenters. The fourth-order valence-electron chi connectivity index (χ4n) is 3.57. The molecule has 44 heavy (non-hydrogen) atoms. The average Bonchev–Trinajstić information content (AvgIpc) is 3.19. The Kier molecular flexibility index (Phi) is 8.05.